The van der Waals surface area contributed by atoms with Crippen LogP contribution in [0.5, 0.6) is 5.75 Å². The molecule has 0 aliphatic carbocycles. The molecule has 1 unspecified atom stereocenters. The van der Waals surface area contributed by atoms with Gasteiger partial charge in [0, 0.05) is 10.4 Å². The monoisotopic (exact) mass is 242 g/mol. The topological polar surface area (TPSA) is 9.23 Å². The summed E-state index contributed by atoms with van der Waals surface area (Å²) in [6.07, 6.45) is 1.07. The van der Waals surface area contributed by atoms with Gasteiger partial charge < -0.3 is 4.74 Å². The van der Waals surface area contributed by atoms with Gasteiger partial charge in [0.2, 0.25) is 0 Å². The number of methoxy groups -OCH3 is 1. The van der Waals surface area contributed by atoms with Crippen molar-refractivity contribution in [1.82, 2.24) is 0 Å². The van der Waals surface area contributed by atoms with Gasteiger partial charge in [0.05, 0.1) is 7.11 Å². The molecule has 0 heterocycles. The normalized spacial score (nSPS) is 12.6. The minimum Gasteiger partial charge on any atom is -0.496 e. The molecule has 0 aliphatic heterocycles. The Morgan fingerprint density at radius 2 is 2.15 bits per heavy atom. The third-order valence-corrected chi connectivity index (χ3v) is 3.22. The first-order chi connectivity index (χ1) is 6.19. The second kappa shape index (κ2) is 4.66. The van der Waals surface area contributed by atoms with Gasteiger partial charge in [-0.1, -0.05) is 40.5 Å². The number of aryl methyl sites for hydroxylation is 1. The molecule has 0 saturated carbocycles. The van der Waals surface area contributed by atoms with Crippen molar-refractivity contribution in [1.29, 1.82) is 0 Å². The highest BCUT2D eigenvalue weighted by Crippen LogP contribution is 2.33. The zero-order valence-electron chi connectivity index (χ0n) is 8.30. The van der Waals surface area contributed by atoms with Crippen LogP contribution in [0.15, 0.2) is 18.2 Å². The first kappa shape index (κ1) is 10.6. The van der Waals surface area contributed by atoms with Gasteiger partial charge in [-0.25, -0.2) is 0 Å². The molecule has 1 nitrogen and oxygen atoms in total. The average Bonchev–Trinajstić information content (AvgIpc) is 2.16. The van der Waals surface area contributed by atoms with Crippen LogP contribution in [0.4, 0.5) is 0 Å². The predicted molar refractivity (Wildman–Crippen MR) is 59.7 cm³/mol. The van der Waals surface area contributed by atoms with Gasteiger partial charge in [-0.3, -0.25) is 0 Å². The minimum atomic E-state index is 0.391. The lowest BCUT2D eigenvalue weighted by Gasteiger charge is -2.13. The number of hydrogen-bond acceptors (Lipinski definition) is 1. The lowest BCUT2D eigenvalue weighted by Crippen LogP contribution is -1.94. The number of hydrogen-bond donors (Lipinski definition) is 0. The van der Waals surface area contributed by atoms with Gasteiger partial charge in [-0.2, -0.15) is 0 Å². The number of alkyl halides is 1. The minimum absolute atomic E-state index is 0.391. The molecule has 72 valence electrons. The Bertz CT molecular complexity index is 283. The molecule has 1 atom stereocenters. The van der Waals surface area contributed by atoms with Gasteiger partial charge in [0.25, 0.3) is 0 Å². The molecular weight excluding hydrogens is 228 g/mol. The van der Waals surface area contributed by atoms with Gasteiger partial charge in [-0.15, -0.1) is 0 Å². The van der Waals surface area contributed by atoms with Crippen LogP contribution >= 0.6 is 15.9 Å². The fraction of sp³-hybridized carbons (Fsp3) is 0.455. The molecule has 13 heavy (non-hydrogen) atoms. The molecule has 1 aromatic rings. The van der Waals surface area contributed by atoms with E-state index in [0.717, 1.165) is 12.2 Å². The maximum Gasteiger partial charge on any atom is 0.123 e. The van der Waals surface area contributed by atoms with E-state index in [0.29, 0.717) is 4.83 Å². The molecule has 2 heteroatoms. The molecule has 0 radical (unpaired) electrons. The summed E-state index contributed by atoms with van der Waals surface area (Å²) >= 11 is 3.63. The standard InChI is InChI=1S/C11H15BrO/c1-4-10(12)9-7-8(2)5-6-11(9)13-3/h5-7,10H,4H2,1-3H3. The fourth-order valence-electron chi connectivity index (χ4n) is 1.32. The summed E-state index contributed by atoms with van der Waals surface area (Å²) in [4.78, 5) is 0.391. The van der Waals surface area contributed by atoms with Gasteiger partial charge >= 0.3 is 0 Å². The maximum absolute atomic E-state index is 5.29. The quantitative estimate of drug-likeness (QED) is 0.732. The highest BCUT2D eigenvalue weighted by molar-refractivity contribution is 9.09. The summed E-state index contributed by atoms with van der Waals surface area (Å²) in [6, 6.07) is 6.26. The SMILES string of the molecule is CCC(Br)c1cc(C)ccc1OC. The van der Waals surface area contributed by atoms with E-state index in [1.807, 2.05) is 6.07 Å². The van der Waals surface area contributed by atoms with Crippen LogP contribution in [0.25, 0.3) is 0 Å². The average molecular weight is 243 g/mol. The van der Waals surface area contributed by atoms with Crippen molar-refractivity contribution in [3.8, 4) is 5.75 Å². The molecule has 0 aromatic heterocycles. The second-order valence-corrected chi connectivity index (χ2v) is 4.23. The summed E-state index contributed by atoms with van der Waals surface area (Å²) in [5.74, 6) is 0.967. The van der Waals surface area contributed by atoms with Crippen molar-refractivity contribution in [2.75, 3.05) is 7.11 Å². The van der Waals surface area contributed by atoms with Crippen molar-refractivity contribution >= 4 is 15.9 Å². The van der Waals surface area contributed by atoms with Crippen molar-refractivity contribution in [2.24, 2.45) is 0 Å². The van der Waals surface area contributed by atoms with E-state index >= 15 is 0 Å². The van der Waals surface area contributed by atoms with Crippen molar-refractivity contribution in [3.63, 3.8) is 0 Å². The van der Waals surface area contributed by atoms with Gasteiger partial charge in [-0.05, 0) is 19.4 Å². The summed E-state index contributed by atoms with van der Waals surface area (Å²) in [7, 11) is 1.71. The highest BCUT2D eigenvalue weighted by Gasteiger charge is 2.10. The lowest BCUT2D eigenvalue weighted by atomic mass is 10.1. The Balaban J connectivity index is 3.07. The maximum atomic E-state index is 5.29. The largest absolute Gasteiger partial charge is 0.496 e. The van der Waals surface area contributed by atoms with Gasteiger partial charge in [0.1, 0.15) is 5.75 Å². The summed E-state index contributed by atoms with van der Waals surface area (Å²) < 4.78 is 5.29. The zero-order chi connectivity index (χ0) is 9.84. The highest BCUT2D eigenvalue weighted by atomic mass is 79.9. The zero-order valence-corrected chi connectivity index (χ0v) is 9.89. The molecule has 0 spiro atoms. The Morgan fingerprint density at radius 3 is 2.69 bits per heavy atom. The summed E-state index contributed by atoms with van der Waals surface area (Å²) in [6.45, 7) is 4.25. The van der Waals surface area contributed by atoms with Crippen LogP contribution < -0.4 is 4.74 Å². The molecule has 0 aliphatic rings. The molecule has 0 amide bonds. The second-order valence-electron chi connectivity index (χ2n) is 3.12. The number of ether oxygens (including phenoxy) is 1. The van der Waals surface area contributed by atoms with Gasteiger partial charge in [0.15, 0.2) is 0 Å². The third-order valence-electron chi connectivity index (χ3n) is 2.08. The molecule has 0 saturated heterocycles. The van der Waals surface area contributed by atoms with Crippen LogP contribution in [0.2, 0.25) is 0 Å². The first-order valence-corrected chi connectivity index (χ1v) is 5.39. The van der Waals surface area contributed by atoms with E-state index in [1.54, 1.807) is 7.11 Å². The van der Waals surface area contributed by atoms with Crippen molar-refractivity contribution in [2.45, 2.75) is 25.1 Å². The first-order valence-electron chi connectivity index (χ1n) is 4.47. The Kier molecular flexibility index (Phi) is 3.79. The Hall–Kier alpha value is -0.500. The number of benzene rings is 1. The van der Waals surface area contributed by atoms with Crippen LogP contribution in [0.1, 0.15) is 29.3 Å². The third kappa shape index (κ3) is 2.47. The van der Waals surface area contributed by atoms with E-state index in [-0.39, 0.29) is 0 Å². The predicted octanol–water partition coefficient (Wildman–Crippen LogP) is 3.85. The van der Waals surface area contributed by atoms with Crippen LogP contribution in [-0.4, -0.2) is 7.11 Å². The van der Waals surface area contributed by atoms with Crippen molar-refractivity contribution in [3.05, 3.63) is 29.3 Å². The molecular formula is C11H15BrO. The van der Waals surface area contributed by atoms with E-state index in [4.69, 9.17) is 4.74 Å². The lowest BCUT2D eigenvalue weighted by molar-refractivity contribution is 0.409. The Labute approximate surface area is 88.2 Å². The Morgan fingerprint density at radius 1 is 1.46 bits per heavy atom. The van der Waals surface area contributed by atoms with E-state index in [2.05, 4.69) is 41.9 Å². The molecule has 0 bridgehead atoms. The van der Waals surface area contributed by atoms with Crippen molar-refractivity contribution < 1.29 is 4.74 Å². The number of rotatable bonds is 3. The summed E-state index contributed by atoms with van der Waals surface area (Å²) in [5.41, 5.74) is 2.51. The van der Waals surface area contributed by atoms with Crippen LogP contribution in [0.3, 0.4) is 0 Å². The number of halogens is 1. The smallest absolute Gasteiger partial charge is 0.123 e. The van der Waals surface area contributed by atoms with Crippen LogP contribution in [0, 0.1) is 6.92 Å². The molecule has 1 aromatic carbocycles. The molecule has 0 N–H and O–H groups in total. The van der Waals surface area contributed by atoms with Crippen LogP contribution in [-0.2, 0) is 0 Å². The fourth-order valence-corrected chi connectivity index (χ4v) is 1.68. The van der Waals surface area contributed by atoms with E-state index in [1.165, 1.54) is 11.1 Å². The molecule has 0 fully saturated rings. The van der Waals surface area contributed by atoms with E-state index in [9.17, 15) is 0 Å². The van der Waals surface area contributed by atoms with E-state index < -0.39 is 0 Å². The summed E-state index contributed by atoms with van der Waals surface area (Å²) in [5, 5.41) is 0. The molecule has 1 rings (SSSR count).